The predicted octanol–water partition coefficient (Wildman–Crippen LogP) is 3.74. The molecule has 0 spiro atoms. The van der Waals surface area contributed by atoms with Crippen LogP contribution >= 0.6 is 0 Å². The summed E-state index contributed by atoms with van der Waals surface area (Å²) in [4.78, 5) is 10.2. The molecule has 1 aliphatic carbocycles. The number of aliphatic hydroxyl groups excluding tert-OH is 1. The highest BCUT2D eigenvalue weighted by Gasteiger charge is 2.27. The molecule has 0 saturated carbocycles. The lowest BCUT2D eigenvalue weighted by molar-refractivity contribution is 0.0697. The van der Waals surface area contributed by atoms with Crippen molar-refractivity contribution in [2.24, 2.45) is 11.3 Å². The van der Waals surface area contributed by atoms with E-state index >= 15 is 0 Å². The van der Waals surface area contributed by atoms with Gasteiger partial charge in [-0.2, -0.15) is 0 Å². The van der Waals surface area contributed by atoms with Gasteiger partial charge in [0.05, 0.1) is 11.7 Å². The van der Waals surface area contributed by atoms with Crippen molar-refractivity contribution in [3.05, 3.63) is 48.0 Å². The summed E-state index contributed by atoms with van der Waals surface area (Å²) in [6, 6.07) is 8.30. The van der Waals surface area contributed by atoms with Crippen LogP contribution in [0.15, 0.2) is 42.5 Å². The number of carboxylic acid groups (broad SMARTS) is 1. The number of hydrogen-bond acceptors (Lipinski definition) is 2. The van der Waals surface area contributed by atoms with Crippen LogP contribution in [-0.2, 0) is 0 Å². The normalized spacial score (nSPS) is 21.8. The number of aromatic carboxylic acids is 1. The number of allylic oxidation sites excluding steroid dienone is 1. The molecule has 2 rings (SSSR count). The molecule has 3 nitrogen and oxygen atoms in total. The van der Waals surface area contributed by atoms with E-state index in [1.54, 1.807) is 30.3 Å². The molecule has 110 valence electrons. The molecule has 1 aromatic carbocycles. The van der Waals surface area contributed by atoms with Crippen LogP contribution in [0, 0.1) is 11.3 Å². The van der Waals surface area contributed by atoms with Crippen LogP contribution in [0.3, 0.4) is 0 Å². The highest BCUT2D eigenvalue weighted by Crippen LogP contribution is 2.34. The molecule has 1 aliphatic rings. The van der Waals surface area contributed by atoms with Crippen LogP contribution in [0.1, 0.15) is 44.0 Å². The maximum absolute atomic E-state index is 10.2. The van der Waals surface area contributed by atoms with Gasteiger partial charge < -0.3 is 10.2 Å². The molecule has 0 fully saturated rings. The second-order valence-corrected chi connectivity index (χ2v) is 6.20. The average Bonchev–Trinajstić information content (AvgIpc) is 2.39. The molecular formula is C17H24O3. The standard InChI is InChI=1S/C10H18O.C7H6O2/c1-10(2,3)8-5-4-6-9(11)7-8;8-7(9)6-4-2-1-3-5-6/h4,6,8-9,11H,5,7H2,1-3H3;1-5H,(H,8,9)/t8-,9+;/m0./s1. The summed E-state index contributed by atoms with van der Waals surface area (Å²) in [6.07, 6.45) is 5.86. The zero-order valence-electron chi connectivity index (χ0n) is 12.4. The third kappa shape index (κ3) is 5.57. The van der Waals surface area contributed by atoms with Gasteiger partial charge in [0.15, 0.2) is 0 Å². The van der Waals surface area contributed by atoms with E-state index in [-0.39, 0.29) is 6.10 Å². The third-order valence-corrected chi connectivity index (χ3v) is 3.55. The lowest BCUT2D eigenvalue weighted by Crippen LogP contribution is -2.26. The zero-order valence-corrected chi connectivity index (χ0v) is 12.4. The molecule has 3 heteroatoms. The summed E-state index contributed by atoms with van der Waals surface area (Å²) in [7, 11) is 0. The van der Waals surface area contributed by atoms with Crippen LogP contribution in [0.4, 0.5) is 0 Å². The minimum absolute atomic E-state index is 0.201. The smallest absolute Gasteiger partial charge is 0.335 e. The Bertz CT molecular complexity index is 443. The Kier molecular flexibility index (Phi) is 5.96. The number of rotatable bonds is 1. The van der Waals surface area contributed by atoms with Crippen LogP contribution in [0.5, 0.6) is 0 Å². The Morgan fingerprint density at radius 2 is 1.80 bits per heavy atom. The van der Waals surface area contributed by atoms with Gasteiger partial charge >= 0.3 is 5.97 Å². The molecular weight excluding hydrogens is 252 g/mol. The van der Waals surface area contributed by atoms with E-state index in [1.165, 1.54) is 0 Å². The molecule has 0 amide bonds. The van der Waals surface area contributed by atoms with Crippen molar-refractivity contribution in [3.63, 3.8) is 0 Å². The molecule has 2 atom stereocenters. The summed E-state index contributed by atoms with van der Waals surface area (Å²) in [5.74, 6) is -0.238. The Morgan fingerprint density at radius 3 is 2.15 bits per heavy atom. The van der Waals surface area contributed by atoms with Crippen LogP contribution in [0.2, 0.25) is 0 Å². The fraction of sp³-hybridized carbons (Fsp3) is 0.471. The van der Waals surface area contributed by atoms with E-state index in [0.29, 0.717) is 16.9 Å². The van der Waals surface area contributed by atoms with Gasteiger partial charge in [0, 0.05) is 0 Å². The van der Waals surface area contributed by atoms with Gasteiger partial charge in [-0.05, 0) is 36.3 Å². The summed E-state index contributed by atoms with van der Waals surface area (Å²) >= 11 is 0. The number of aliphatic hydroxyl groups is 1. The largest absolute Gasteiger partial charge is 0.478 e. The van der Waals surface area contributed by atoms with Gasteiger partial charge in [0.25, 0.3) is 0 Å². The van der Waals surface area contributed by atoms with Crippen LogP contribution in [-0.4, -0.2) is 22.3 Å². The minimum Gasteiger partial charge on any atom is -0.478 e. The van der Waals surface area contributed by atoms with E-state index in [0.717, 1.165) is 12.8 Å². The zero-order chi connectivity index (χ0) is 15.2. The molecule has 0 saturated heterocycles. The van der Waals surface area contributed by atoms with Crippen molar-refractivity contribution >= 4 is 5.97 Å². The van der Waals surface area contributed by atoms with E-state index in [4.69, 9.17) is 5.11 Å². The molecule has 0 bridgehead atoms. The van der Waals surface area contributed by atoms with Gasteiger partial charge in [0.2, 0.25) is 0 Å². The Labute approximate surface area is 121 Å². The first-order valence-electron chi connectivity index (χ1n) is 6.93. The lowest BCUT2D eigenvalue weighted by atomic mass is 9.74. The quantitative estimate of drug-likeness (QED) is 0.768. The van der Waals surface area contributed by atoms with Crippen LogP contribution in [0.25, 0.3) is 0 Å². The van der Waals surface area contributed by atoms with Gasteiger partial charge in [-0.1, -0.05) is 51.1 Å². The van der Waals surface area contributed by atoms with E-state index in [9.17, 15) is 9.90 Å². The maximum atomic E-state index is 10.2. The third-order valence-electron chi connectivity index (χ3n) is 3.55. The summed E-state index contributed by atoms with van der Waals surface area (Å²) in [5.41, 5.74) is 0.670. The Balaban J connectivity index is 0.000000204. The fourth-order valence-electron chi connectivity index (χ4n) is 2.15. The van der Waals surface area contributed by atoms with Crippen molar-refractivity contribution in [3.8, 4) is 0 Å². The Morgan fingerprint density at radius 1 is 1.20 bits per heavy atom. The first kappa shape index (κ1) is 16.4. The SMILES string of the molecule is CC(C)(C)[C@H]1CC=C[C@@H](O)C1.O=C(O)c1ccccc1. The second-order valence-electron chi connectivity index (χ2n) is 6.20. The number of carbonyl (C=O) groups is 1. The number of hydrogen-bond donors (Lipinski definition) is 2. The fourth-order valence-corrected chi connectivity index (χ4v) is 2.15. The molecule has 0 heterocycles. The van der Waals surface area contributed by atoms with Gasteiger partial charge in [-0.15, -0.1) is 0 Å². The van der Waals surface area contributed by atoms with Crippen molar-refractivity contribution < 1.29 is 15.0 Å². The lowest BCUT2D eigenvalue weighted by Gasteiger charge is -2.33. The molecule has 1 aromatic rings. The van der Waals surface area contributed by atoms with Crippen molar-refractivity contribution in [1.29, 1.82) is 0 Å². The van der Waals surface area contributed by atoms with Gasteiger partial charge in [0.1, 0.15) is 0 Å². The monoisotopic (exact) mass is 276 g/mol. The topological polar surface area (TPSA) is 57.5 Å². The number of carboxylic acids is 1. The van der Waals surface area contributed by atoms with E-state index in [1.807, 2.05) is 6.08 Å². The maximum Gasteiger partial charge on any atom is 0.335 e. The molecule has 20 heavy (non-hydrogen) atoms. The molecule has 0 unspecified atom stereocenters. The first-order valence-corrected chi connectivity index (χ1v) is 6.93. The molecule has 0 aliphatic heterocycles. The highest BCUT2D eigenvalue weighted by molar-refractivity contribution is 5.87. The van der Waals surface area contributed by atoms with E-state index in [2.05, 4.69) is 26.8 Å². The summed E-state index contributed by atoms with van der Waals surface area (Å²) in [6.45, 7) is 6.72. The second kappa shape index (κ2) is 7.25. The minimum atomic E-state index is -0.879. The summed E-state index contributed by atoms with van der Waals surface area (Å²) < 4.78 is 0. The molecule has 2 N–H and O–H groups in total. The van der Waals surface area contributed by atoms with Crippen molar-refractivity contribution in [2.75, 3.05) is 0 Å². The summed E-state index contributed by atoms with van der Waals surface area (Å²) in [5, 5.41) is 17.7. The molecule has 0 aromatic heterocycles. The number of benzene rings is 1. The predicted molar refractivity (Wildman–Crippen MR) is 80.7 cm³/mol. The Hall–Kier alpha value is -1.61. The average molecular weight is 276 g/mol. The van der Waals surface area contributed by atoms with Crippen molar-refractivity contribution in [2.45, 2.75) is 39.7 Å². The van der Waals surface area contributed by atoms with Gasteiger partial charge in [-0.25, -0.2) is 4.79 Å². The highest BCUT2D eigenvalue weighted by atomic mass is 16.4. The van der Waals surface area contributed by atoms with Gasteiger partial charge in [-0.3, -0.25) is 0 Å². The first-order chi connectivity index (χ1) is 9.30. The van der Waals surface area contributed by atoms with Crippen molar-refractivity contribution in [1.82, 2.24) is 0 Å². The molecule has 0 radical (unpaired) electrons. The van der Waals surface area contributed by atoms with Crippen LogP contribution < -0.4 is 0 Å². The van der Waals surface area contributed by atoms with E-state index < -0.39 is 5.97 Å².